The molecule has 0 atom stereocenters. The van der Waals surface area contributed by atoms with Crippen molar-refractivity contribution in [2.75, 3.05) is 13.2 Å². The summed E-state index contributed by atoms with van der Waals surface area (Å²) in [6, 6.07) is 8.38. The van der Waals surface area contributed by atoms with E-state index in [4.69, 9.17) is 9.47 Å². The number of rotatable bonds is 7. The van der Waals surface area contributed by atoms with Crippen LogP contribution >= 0.6 is 0 Å². The van der Waals surface area contributed by atoms with Crippen LogP contribution in [-0.4, -0.2) is 22.8 Å². The van der Waals surface area contributed by atoms with Crippen LogP contribution in [0.2, 0.25) is 0 Å². The van der Waals surface area contributed by atoms with Crippen molar-refractivity contribution in [3.8, 4) is 5.75 Å². The van der Waals surface area contributed by atoms with Crippen molar-refractivity contribution in [1.82, 2.24) is 9.55 Å². The van der Waals surface area contributed by atoms with Crippen LogP contribution in [0, 0.1) is 5.41 Å². The second-order valence-corrected chi connectivity index (χ2v) is 9.10. The molecule has 0 saturated heterocycles. The lowest BCUT2D eigenvalue weighted by Gasteiger charge is -2.35. The van der Waals surface area contributed by atoms with Crippen molar-refractivity contribution >= 4 is 6.20 Å². The maximum Gasteiger partial charge on any atom is 0.122 e. The molecule has 1 aliphatic rings. The molecular weight excluding hydrogens is 348 g/mol. The molecule has 0 spiro atoms. The highest BCUT2D eigenvalue weighted by Gasteiger charge is 2.32. The van der Waals surface area contributed by atoms with Gasteiger partial charge < -0.3 is 14.0 Å². The Hall–Kier alpha value is -2.23. The number of allylic oxidation sites excluding steroid dienone is 1. The molecule has 4 nitrogen and oxygen atoms in total. The lowest BCUT2D eigenvalue weighted by Crippen LogP contribution is -2.25. The average molecular weight is 383 g/mol. The third-order valence-electron chi connectivity index (χ3n) is 5.67. The Balaban J connectivity index is 1.58. The zero-order valence-electron chi connectivity index (χ0n) is 17.8. The maximum atomic E-state index is 6.25. The van der Waals surface area contributed by atoms with Gasteiger partial charge in [-0.2, -0.15) is 0 Å². The van der Waals surface area contributed by atoms with Gasteiger partial charge in [-0.15, -0.1) is 0 Å². The van der Waals surface area contributed by atoms with E-state index in [-0.39, 0.29) is 10.8 Å². The van der Waals surface area contributed by atoms with Crippen molar-refractivity contribution in [3.63, 3.8) is 0 Å². The molecule has 2 aromatic rings. The normalized spacial score (nSPS) is 17.4. The van der Waals surface area contributed by atoms with Gasteiger partial charge in [-0.1, -0.05) is 59.1 Å². The molecule has 1 heterocycles. The zero-order valence-corrected chi connectivity index (χ0v) is 17.8. The van der Waals surface area contributed by atoms with Crippen LogP contribution in [0.4, 0.5) is 0 Å². The first kappa shape index (κ1) is 20.5. The number of hydrogen-bond acceptors (Lipinski definition) is 3. The average Bonchev–Trinajstić information content (AvgIpc) is 3.17. The van der Waals surface area contributed by atoms with Crippen LogP contribution < -0.4 is 4.74 Å². The molecule has 0 bridgehead atoms. The molecule has 152 valence electrons. The third-order valence-corrected chi connectivity index (χ3v) is 5.67. The van der Waals surface area contributed by atoms with E-state index in [2.05, 4.69) is 51.0 Å². The summed E-state index contributed by atoms with van der Waals surface area (Å²) < 4.78 is 14.1. The number of imidazole rings is 1. The lowest BCUT2D eigenvalue weighted by molar-refractivity contribution is 0.0881. The fourth-order valence-electron chi connectivity index (χ4n) is 3.79. The van der Waals surface area contributed by atoms with Crippen LogP contribution in [0.15, 0.2) is 48.7 Å². The summed E-state index contributed by atoms with van der Waals surface area (Å²) in [6.07, 6.45) is 13.8. The number of benzene rings is 1. The molecule has 0 N–H and O–H groups in total. The molecule has 28 heavy (non-hydrogen) atoms. The molecule has 1 aromatic carbocycles. The lowest BCUT2D eigenvalue weighted by atomic mass is 9.74. The van der Waals surface area contributed by atoms with Crippen molar-refractivity contribution in [2.24, 2.45) is 5.41 Å². The van der Waals surface area contributed by atoms with Crippen LogP contribution in [0.1, 0.15) is 65.4 Å². The Morgan fingerprint density at radius 2 is 1.82 bits per heavy atom. The first-order valence-corrected chi connectivity index (χ1v) is 10.4. The molecule has 1 fully saturated rings. The predicted molar refractivity (Wildman–Crippen MR) is 114 cm³/mol. The van der Waals surface area contributed by atoms with Gasteiger partial charge >= 0.3 is 0 Å². The minimum Gasteiger partial charge on any atom is -0.492 e. The summed E-state index contributed by atoms with van der Waals surface area (Å²) in [5.41, 5.74) is 1.56. The zero-order chi connectivity index (χ0) is 20.0. The molecule has 0 aliphatic heterocycles. The first-order valence-electron chi connectivity index (χ1n) is 10.4. The Morgan fingerprint density at radius 3 is 2.43 bits per heavy atom. The van der Waals surface area contributed by atoms with Crippen LogP contribution in [0.25, 0.3) is 6.20 Å². The molecular formula is C24H34N2O2. The maximum absolute atomic E-state index is 6.25. The van der Waals surface area contributed by atoms with Gasteiger partial charge in [-0.3, -0.25) is 0 Å². The monoisotopic (exact) mass is 382 g/mol. The van der Waals surface area contributed by atoms with Crippen LogP contribution in [0.3, 0.4) is 0 Å². The van der Waals surface area contributed by atoms with E-state index in [0.717, 1.165) is 11.5 Å². The SMILES string of the molecule is CC1(/C(=C/n2ccnc2)OCCOc2ccc(C(C)(C)C)cc2)CCCCC1. The topological polar surface area (TPSA) is 36.3 Å². The second-order valence-electron chi connectivity index (χ2n) is 9.10. The summed E-state index contributed by atoms with van der Waals surface area (Å²) in [5, 5.41) is 0. The van der Waals surface area contributed by atoms with E-state index < -0.39 is 0 Å². The molecule has 1 aromatic heterocycles. The van der Waals surface area contributed by atoms with Gasteiger partial charge in [0.2, 0.25) is 0 Å². The highest BCUT2D eigenvalue weighted by Crippen LogP contribution is 2.42. The second kappa shape index (κ2) is 8.85. The minimum atomic E-state index is 0.0941. The molecule has 4 heteroatoms. The molecule has 1 aliphatic carbocycles. The fourth-order valence-corrected chi connectivity index (χ4v) is 3.79. The number of hydrogen-bond donors (Lipinski definition) is 0. The quantitative estimate of drug-likeness (QED) is 0.432. The first-order chi connectivity index (χ1) is 13.4. The van der Waals surface area contributed by atoms with E-state index in [9.17, 15) is 0 Å². The van der Waals surface area contributed by atoms with E-state index in [1.54, 1.807) is 6.20 Å². The van der Waals surface area contributed by atoms with Crippen LogP contribution in [0.5, 0.6) is 5.75 Å². The summed E-state index contributed by atoms with van der Waals surface area (Å²) in [7, 11) is 0. The van der Waals surface area contributed by atoms with Gasteiger partial charge in [-0.05, 0) is 36.0 Å². The molecule has 1 saturated carbocycles. The standard InChI is InChI=1S/C24H34N2O2/c1-23(2,3)20-8-10-21(11-9-20)27-16-17-28-22(18-26-15-14-25-19-26)24(4)12-6-5-7-13-24/h8-11,14-15,18-19H,5-7,12-13,16-17H2,1-4H3/b22-18-. The number of aromatic nitrogens is 2. The van der Waals surface area contributed by atoms with Crippen molar-refractivity contribution in [3.05, 3.63) is 54.3 Å². The molecule has 0 unspecified atom stereocenters. The van der Waals surface area contributed by atoms with Crippen molar-refractivity contribution in [2.45, 2.75) is 65.2 Å². The van der Waals surface area contributed by atoms with Gasteiger partial charge in [0.1, 0.15) is 24.7 Å². The molecule has 0 amide bonds. The van der Waals surface area contributed by atoms with Gasteiger partial charge in [0.15, 0.2) is 0 Å². The van der Waals surface area contributed by atoms with E-state index in [1.165, 1.54) is 37.7 Å². The van der Waals surface area contributed by atoms with Crippen molar-refractivity contribution < 1.29 is 9.47 Å². The smallest absolute Gasteiger partial charge is 0.122 e. The van der Waals surface area contributed by atoms with Gasteiger partial charge in [0, 0.05) is 24.0 Å². The Labute approximate surface area is 169 Å². The largest absolute Gasteiger partial charge is 0.492 e. The van der Waals surface area contributed by atoms with E-state index >= 15 is 0 Å². The van der Waals surface area contributed by atoms with E-state index in [0.29, 0.717) is 13.2 Å². The van der Waals surface area contributed by atoms with Gasteiger partial charge in [0.25, 0.3) is 0 Å². The summed E-state index contributed by atoms with van der Waals surface area (Å²) >= 11 is 0. The van der Waals surface area contributed by atoms with Crippen molar-refractivity contribution in [1.29, 1.82) is 0 Å². The van der Waals surface area contributed by atoms with Gasteiger partial charge in [-0.25, -0.2) is 4.98 Å². The summed E-state index contributed by atoms with van der Waals surface area (Å²) in [5.74, 6) is 1.93. The highest BCUT2D eigenvalue weighted by molar-refractivity contribution is 5.32. The Bertz CT molecular complexity index is 749. The fraction of sp³-hybridized carbons (Fsp3) is 0.542. The molecule has 3 rings (SSSR count). The Kier molecular flexibility index (Phi) is 6.48. The third kappa shape index (κ3) is 5.40. The summed E-state index contributed by atoms with van der Waals surface area (Å²) in [6.45, 7) is 10.1. The predicted octanol–water partition coefficient (Wildman–Crippen LogP) is 6.05. The summed E-state index contributed by atoms with van der Waals surface area (Å²) in [4.78, 5) is 4.14. The minimum absolute atomic E-state index is 0.0941. The Morgan fingerprint density at radius 1 is 1.11 bits per heavy atom. The molecule has 0 radical (unpaired) electrons. The highest BCUT2D eigenvalue weighted by atomic mass is 16.5. The number of ether oxygens (including phenoxy) is 2. The number of nitrogens with zero attached hydrogens (tertiary/aromatic N) is 2. The van der Waals surface area contributed by atoms with Gasteiger partial charge in [0.05, 0.1) is 6.33 Å². The van der Waals surface area contributed by atoms with E-state index in [1.807, 2.05) is 29.2 Å². The van der Waals surface area contributed by atoms with Crippen LogP contribution in [-0.2, 0) is 10.2 Å².